The van der Waals surface area contributed by atoms with Crippen LogP contribution in [0.15, 0.2) is 60.0 Å². The van der Waals surface area contributed by atoms with Gasteiger partial charge in [0.25, 0.3) is 5.91 Å². The van der Waals surface area contributed by atoms with Crippen LogP contribution in [0.3, 0.4) is 0 Å². The van der Waals surface area contributed by atoms with E-state index in [-0.39, 0.29) is 29.4 Å². The van der Waals surface area contributed by atoms with Gasteiger partial charge in [-0.15, -0.1) is 10.2 Å². The van der Waals surface area contributed by atoms with Crippen LogP contribution in [0.5, 0.6) is 0 Å². The number of anilines is 1. The Hall–Kier alpha value is -3.20. The van der Waals surface area contributed by atoms with Crippen LogP contribution >= 0.6 is 11.8 Å². The van der Waals surface area contributed by atoms with E-state index in [1.807, 2.05) is 6.92 Å². The Bertz CT molecular complexity index is 1040. The molecule has 1 N–H and O–H groups in total. The van der Waals surface area contributed by atoms with Crippen LogP contribution in [0, 0.1) is 5.82 Å². The highest BCUT2D eigenvalue weighted by molar-refractivity contribution is 7.99. The molecule has 0 aliphatic rings. The van der Waals surface area contributed by atoms with Gasteiger partial charge in [0, 0.05) is 25.3 Å². The van der Waals surface area contributed by atoms with Gasteiger partial charge in [-0.25, -0.2) is 4.39 Å². The van der Waals surface area contributed by atoms with Gasteiger partial charge >= 0.3 is 0 Å². The number of nitrogens with zero attached hydrogens (tertiary/aromatic N) is 4. The summed E-state index contributed by atoms with van der Waals surface area (Å²) in [5, 5.41) is 11.1. The molecule has 1 unspecified atom stereocenters. The molecule has 0 fully saturated rings. The van der Waals surface area contributed by atoms with Gasteiger partial charge in [0.15, 0.2) is 5.16 Å². The number of carbonyl (C=O) groups is 2. The molecule has 9 heteroatoms. The number of nitrogens with one attached hydrogen (secondary N) is 1. The number of aryl methyl sites for hydroxylation is 1. The van der Waals surface area contributed by atoms with Gasteiger partial charge < -0.3 is 14.8 Å². The van der Waals surface area contributed by atoms with Crippen molar-refractivity contribution >= 4 is 29.3 Å². The van der Waals surface area contributed by atoms with Gasteiger partial charge in [0.1, 0.15) is 12.1 Å². The summed E-state index contributed by atoms with van der Waals surface area (Å²) < 4.78 is 14.9. The van der Waals surface area contributed by atoms with E-state index in [0.717, 1.165) is 5.56 Å². The van der Waals surface area contributed by atoms with Crippen molar-refractivity contribution in [1.82, 2.24) is 19.7 Å². The lowest BCUT2D eigenvalue weighted by Crippen LogP contribution is -2.29. The minimum atomic E-state index is -0.319. The Morgan fingerprint density at radius 2 is 1.97 bits per heavy atom. The van der Waals surface area contributed by atoms with Crippen molar-refractivity contribution in [2.24, 2.45) is 7.05 Å². The maximum absolute atomic E-state index is 13.2. The Morgan fingerprint density at radius 1 is 1.23 bits per heavy atom. The van der Waals surface area contributed by atoms with E-state index >= 15 is 0 Å². The zero-order valence-corrected chi connectivity index (χ0v) is 17.7. The Morgan fingerprint density at radius 3 is 2.63 bits per heavy atom. The zero-order chi connectivity index (χ0) is 21.7. The van der Waals surface area contributed by atoms with E-state index in [1.54, 1.807) is 66.3 Å². The van der Waals surface area contributed by atoms with Gasteiger partial charge in [-0.1, -0.05) is 30.0 Å². The molecule has 0 spiro atoms. The van der Waals surface area contributed by atoms with Crippen LogP contribution < -0.4 is 5.32 Å². The lowest BCUT2D eigenvalue weighted by molar-refractivity contribution is -0.113. The predicted octanol–water partition coefficient (Wildman–Crippen LogP) is 3.52. The molecule has 1 atom stereocenters. The number of benzene rings is 2. The second kappa shape index (κ2) is 9.53. The molecule has 2 amide bonds. The molecule has 7 nitrogen and oxygen atoms in total. The summed E-state index contributed by atoms with van der Waals surface area (Å²) in [5.41, 5.74) is 1.81. The fourth-order valence-corrected chi connectivity index (χ4v) is 3.49. The Balaban J connectivity index is 1.63. The molecule has 156 valence electrons. The van der Waals surface area contributed by atoms with Gasteiger partial charge in [-0.2, -0.15) is 0 Å². The molecule has 0 saturated carbocycles. The van der Waals surface area contributed by atoms with Crippen LogP contribution in [0.4, 0.5) is 10.1 Å². The molecule has 3 rings (SSSR count). The molecule has 0 saturated heterocycles. The maximum atomic E-state index is 13.2. The SMILES string of the molecule is CC(c1ccc(F)cc1)N(C)C(=O)c1cccc(NC(=O)CSc2nncn2C)c1. The molecule has 3 aromatic rings. The largest absolute Gasteiger partial charge is 0.335 e. The fourth-order valence-electron chi connectivity index (χ4n) is 2.80. The average Bonchev–Trinajstić information content (AvgIpc) is 3.16. The number of thioether (sulfide) groups is 1. The molecular formula is C21H22FN5O2S. The number of halogens is 1. The summed E-state index contributed by atoms with van der Waals surface area (Å²) in [4.78, 5) is 26.7. The van der Waals surface area contributed by atoms with Crippen molar-refractivity contribution in [1.29, 1.82) is 0 Å². The minimum Gasteiger partial charge on any atom is -0.335 e. The monoisotopic (exact) mass is 427 g/mol. The van der Waals surface area contributed by atoms with Crippen molar-refractivity contribution < 1.29 is 14.0 Å². The summed E-state index contributed by atoms with van der Waals surface area (Å²) in [7, 11) is 3.50. The first-order valence-electron chi connectivity index (χ1n) is 9.24. The molecular weight excluding hydrogens is 405 g/mol. The zero-order valence-electron chi connectivity index (χ0n) is 16.9. The van der Waals surface area contributed by atoms with E-state index in [0.29, 0.717) is 16.4 Å². The van der Waals surface area contributed by atoms with Gasteiger partial charge in [-0.05, 0) is 42.8 Å². The molecule has 0 bridgehead atoms. The quantitative estimate of drug-likeness (QED) is 0.584. The smallest absolute Gasteiger partial charge is 0.254 e. The standard InChI is InChI=1S/C21H22FN5O2S/c1-14(15-7-9-17(22)10-8-15)27(3)20(29)16-5-4-6-18(11-16)24-19(28)12-30-21-25-23-13-26(21)2/h4-11,13-14H,12H2,1-3H3,(H,24,28). The first kappa shape index (κ1) is 21.5. The molecule has 30 heavy (non-hydrogen) atoms. The third kappa shape index (κ3) is 5.24. The summed E-state index contributed by atoms with van der Waals surface area (Å²) >= 11 is 1.27. The highest BCUT2D eigenvalue weighted by atomic mass is 32.2. The molecule has 1 heterocycles. The third-order valence-corrected chi connectivity index (χ3v) is 5.68. The lowest BCUT2D eigenvalue weighted by atomic mass is 10.1. The van der Waals surface area contributed by atoms with E-state index < -0.39 is 0 Å². The molecule has 2 aromatic carbocycles. The van der Waals surface area contributed by atoms with E-state index in [1.165, 1.54) is 23.9 Å². The summed E-state index contributed by atoms with van der Waals surface area (Å²) in [6, 6.07) is 12.6. The minimum absolute atomic E-state index is 0.173. The van der Waals surface area contributed by atoms with Crippen LogP contribution in [0.25, 0.3) is 0 Å². The highest BCUT2D eigenvalue weighted by Crippen LogP contribution is 2.22. The van der Waals surface area contributed by atoms with Crippen LogP contribution in [-0.2, 0) is 11.8 Å². The van der Waals surface area contributed by atoms with E-state index in [4.69, 9.17) is 0 Å². The lowest BCUT2D eigenvalue weighted by Gasteiger charge is -2.25. The van der Waals surface area contributed by atoms with Crippen LogP contribution in [0.2, 0.25) is 0 Å². The van der Waals surface area contributed by atoms with Crippen LogP contribution in [0.1, 0.15) is 28.9 Å². The predicted molar refractivity (Wildman–Crippen MR) is 114 cm³/mol. The average molecular weight is 428 g/mol. The van der Waals surface area contributed by atoms with Crippen molar-refractivity contribution in [2.45, 2.75) is 18.1 Å². The van der Waals surface area contributed by atoms with Crippen molar-refractivity contribution in [3.8, 4) is 0 Å². The second-order valence-electron chi connectivity index (χ2n) is 6.79. The maximum Gasteiger partial charge on any atom is 0.254 e. The Labute approximate surface area is 178 Å². The summed E-state index contributed by atoms with van der Waals surface area (Å²) in [5.74, 6) is -0.551. The van der Waals surface area contributed by atoms with Crippen molar-refractivity contribution in [2.75, 3.05) is 18.1 Å². The molecule has 0 aliphatic carbocycles. The second-order valence-corrected chi connectivity index (χ2v) is 7.73. The van der Waals surface area contributed by atoms with E-state index in [2.05, 4.69) is 15.5 Å². The van der Waals surface area contributed by atoms with E-state index in [9.17, 15) is 14.0 Å². The van der Waals surface area contributed by atoms with Gasteiger partial charge in [0.2, 0.25) is 5.91 Å². The molecule has 0 radical (unpaired) electrons. The van der Waals surface area contributed by atoms with Crippen molar-refractivity contribution in [3.05, 3.63) is 71.8 Å². The summed E-state index contributed by atoms with van der Waals surface area (Å²) in [6.07, 6.45) is 1.57. The number of hydrogen-bond acceptors (Lipinski definition) is 5. The normalized spacial score (nSPS) is 11.7. The number of amides is 2. The highest BCUT2D eigenvalue weighted by Gasteiger charge is 2.19. The number of carbonyl (C=O) groups excluding carboxylic acids is 2. The number of aromatic nitrogens is 3. The first-order chi connectivity index (χ1) is 14.3. The van der Waals surface area contributed by atoms with Crippen molar-refractivity contribution in [3.63, 3.8) is 0 Å². The first-order valence-corrected chi connectivity index (χ1v) is 10.2. The Kier molecular flexibility index (Phi) is 6.83. The van der Waals surface area contributed by atoms with Gasteiger partial charge in [-0.3, -0.25) is 9.59 Å². The number of rotatable bonds is 7. The number of hydrogen-bond donors (Lipinski definition) is 1. The topological polar surface area (TPSA) is 80.1 Å². The van der Waals surface area contributed by atoms with Gasteiger partial charge in [0.05, 0.1) is 11.8 Å². The van der Waals surface area contributed by atoms with Crippen LogP contribution in [-0.4, -0.2) is 44.3 Å². The fraction of sp³-hybridized carbons (Fsp3) is 0.238. The molecule has 0 aliphatic heterocycles. The molecule has 1 aromatic heterocycles. The third-order valence-electron chi connectivity index (χ3n) is 4.65. The summed E-state index contributed by atoms with van der Waals surface area (Å²) in [6.45, 7) is 1.88.